The van der Waals surface area contributed by atoms with Crippen molar-refractivity contribution >= 4 is 5.91 Å². The lowest BCUT2D eigenvalue weighted by Crippen LogP contribution is -2.33. The fourth-order valence-corrected chi connectivity index (χ4v) is 2.08. The molecule has 0 fully saturated rings. The van der Waals surface area contributed by atoms with Gasteiger partial charge in [0, 0.05) is 45.6 Å². The van der Waals surface area contributed by atoms with Crippen molar-refractivity contribution in [1.82, 2.24) is 10.2 Å². The molecule has 0 aromatic heterocycles. The molecule has 4 nitrogen and oxygen atoms in total. The molecule has 0 radical (unpaired) electrons. The average Bonchev–Trinajstić information content (AvgIpc) is 2.75. The molecule has 1 N–H and O–H groups in total. The van der Waals surface area contributed by atoms with E-state index < -0.39 is 0 Å². The molecule has 1 aliphatic rings. The Kier molecular flexibility index (Phi) is 4.37. The molecule has 1 aliphatic heterocycles. The molecular formula is C14H19FN2O2. The fourth-order valence-electron chi connectivity index (χ4n) is 2.08. The maximum atomic E-state index is 13.0. The number of ether oxygens (including phenoxy) is 1. The summed E-state index contributed by atoms with van der Waals surface area (Å²) in [6.07, 6.45) is 1.20. The van der Waals surface area contributed by atoms with Gasteiger partial charge in [-0.2, -0.15) is 0 Å². The molecule has 1 atom stereocenters. The Bertz CT molecular complexity index is 463. The summed E-state index contributed by atoms with van der Waals surface area (Å²) in [7, 11) is 3.49. The summed E-state index contributed by atoms with van der Waals surface area (Å²) in [6.45, 7) is 1.29. The summed E-state index contributed by atoms with van der Waals surface area (Å²) in [5.74, 6) is 0.635. The summed E-state index contributed by atoms with van der Waals surface area (Å²) in [5, 5.41) is 3.20. The molecule has 0 saturated carbocycles. The summed E-state index contributed by atoms with van der Waals surface area (Å²) in [5.41, 5.74) is 0.913. The van der Waals surface area contributed by atoms with Crippen LogP contribution in [0.4, 0.5) is 4.39 Å². The first kappa shape index (κ1) is 13.8. The van der Waals surface area contributed by atoms with Crippen molar-refractivity contribution in [1.29, 1.82) is 0 Å². The molecule has 5 heteroatoms. The Balaban J connectivity index is 1.71. The number of carbonyl (C=O) groups excluding carboxylic acids is 1. The van der Waals surface area contributed by atoms with Crippen LogP contribution in [0.5, 0.6) is 5.75 Å². The van der Waals surface area contributed by atoms with Gasteiger partial charge < -0.3 is 15.0 Å². The molecule has 0 spiro atoms. The van der Waals surface area contributed by atoms with E-state index in [4.69, 9.17) is 4.74 Å². The van der Waals surface area contributed by atoms with Gasteiger partial charge in [0.2, 0.25) is 5.91 Å². The van der Waals surface area contributed by atoms with Gasteiger partial charge in [-0.05, 0) is 18.2 Å². The third-order valence-corrected chi connectivity index (χ3v) is 3.15. The smallest absolute Gasteiger partial charge is 0.223 e. The highest BCUT2D eigenvalue weighted by atomic mass is 19.1. The van der Waals surface area contributed by atoms with Gasteiger partial charge in [0.1, 0.15) is 17.7 Å². The molecule has 2 rings (SSSR count). The summed E-state index contributed by atoms with van der Waals surface area (Å²) < 4.78 is 18.7. The normalized spacial score (nSPS) is 16.9. The Hall–Kier alpha value is -1.62. The minimum absolute atomic E-state index is 0.0197. The first-order chi connectivity index (χ1) is 9.06. The molecular weight excluding hydrogens is 247 g/mol. The Labute approximate surface area is 112 Å². The third-order valence-electron chi connectivity index (χ3n) is 3.15. The van der Waals surface area contributed by atoms with Crippen LogP contribution in [0.2, 0.25) is 0 Å². The van der Waals surface area contributed by atoms with Gasteiger partial charge in [0.05, 0.1) is 0 Å². The summed E-state index contributed by atoms with van der Waals surface area (Å²) >= 11 is 0. The minimum atomic E-state index is -0.229. The van der Waals surface area contributed by atoms with Crippen molar-refractivity contribution in [2.24, 2.45) is 0 Å². The van der Waals surface area contributed by atoms with Crippen molar-refractivity contribution < 1.29 is 13.9 Å². The maximum absolute atomic E-state index is 13.0. The highest BCUT2D eigenvalue weighted by Crippen LogP contribution is 2.28. The van der Waals surface area contributed by atoms with E-state index in [1.807, 2.05) is 0 Å². The highest BCUT2D eigenvalue weighted by molar-refractivity contribution is 5.75. The number of benzene rings is 1. The van der Waals surface area contributed by atoms with Gasteiger partial charge in [-0.1, -0.05) is 0 Å². The number of rotatable bonds is 5. The molecule has 1 amide bonds. The Morgan fingerprint density at radius 1 is 1.53 bits per heavy atom. The number of nitrogens with one attached hydrogen (secondary N) is 1. The molecule has 0 bridgehead atoms. The predicted molar refractivity (Wildman–Crippen MR) is 70.7 cm³/mol. The third kappa shape index (κ3) is 3.67. The number of fused-ring (bicyclic) bond motifs is 1. The van der Waals surface area contributed by atoms with E-state index in [1.54, 1.807) is 25.1 Å². The monoisotopic (exact) mass is 266 g/mol. The van der Waals surface area contributed by atoms with Gasteiger partial charge in [-0.3, -0.25) is 4.79 Å². The predicted octanol–water partition coefficient (Wildman–Crippen LogP) is 1.20. The summed E-state index contributed by atoms with van der Waals surface area (Å²) in [6, 6.07) is 4.59. The minimum Gasteiger partial charge on any atom is -0.488 e. The van der Waals surface area contributed by atoms with Gasteiger partial charge in [-0.15, -0.1) is 0 Å². The first-order valence-electron chi connectivity index (χ1n) is 6.42. The van der Waals surface area contributed by atoms with Crippen LogP contribution < -0.4 is 10.1 Å². The van der Waals surface area contributed by atoms with Crippen LogP contribution >= 0.6 is 0 Å². The van der Waals surface area contributed by atoms with Gasteiger partial charge in [0.15, 0.2) is 0 Å². The highest BCUT2D eigenvalue weighted by Gasteiger charge is 2.22. The molecule has 1 heterocycles. The van der Waals surface area contributed by atoms with Crippen molar-refractivity contribution in [3.05, 3.63) is 29.6 Å². The number of carbonyl (C=O) groups is 1. The lowest BCUT2D eigenvalue weighted by molar-refractivity contribution is -0.128. The molecule has 0 aliphatic carbocycles. The SMILES string of the molecule is CN(C)C(=O)CCNCC1Cc2cc(F)ccc2O1. The molecule has 104 valence electrons. The van der Waals surface area contributed by atoms with E-state index in [-0.39, 0.29) is 17.8 Å². The van der Waals surface area contributed by atoms with E-state index in [9.17, 15) is 9.18 Å². The average molecular weight is 266 g/mol. The van der Waals surface area contributed by atoms with Crippen molar-refractivity contribution in [2.75, 3.05) is 27.2 Å². The van der Waals surface area contributed by atoms with Crippen LogP contribution in [0.1, 0.15) is 12.0 Å². The van der Waals surface area contributed by atoms with Crippen LogP contribution in [-0.2, 0) is 11.2 Å². The van der Waals surface area contributed by atoms with E-state index in [2.05, 4.69) is 5.32 Å². The quantitative estimate of drug-likeness (QED) is 0.814. The second-order valence-electron chi connectivity index (χ2n) is 4.94. The molecule has 19 heavy (non-hydrogen) atoms. The van der Waals surface area contributed by atoms with Crippen molar-refractivity contribution in [3.8, 4) is 5.75 Å². The zero-order valence-corrected chi connectivity index (χ0v) is 11.3. The van der Waals surface area contributed by atoms with Crippen molar-refractivity contribution in [3.63, 3.8) is 0 Å². The number of hydrogen-bond acceptors (Lipinski definition) is 3. The van der Waals surface area contributed by atoms with E-state index in [0.717, 1.165) is 11.3 Å². The van der Waals surface area contributed by atoms with Crippen molar-refractivity contribution in [2.45, 2.75) is 18.9 Å². The summed E-state index contributed by atoms with van der Waals surface area (Å²) in [4.78, 5) is 12.9. The second kappa shape index (κ2) is 6.02. The fraction of sp³-hybridized carbons (Fsp3) is 0.500. The molecule has 0 saturated heterocycles. The second-order valence-corrected chi connectivity index (χ2v) is 4.94. The van der Waals surface area contributed by atoms with E-state index in [0.29, 0.717) is 25.9 Å². The first-order valence-corrected chi connectivity index (χ1v) is 6.42. The molecule has 1 aromatic rings. The Morgan fingerprint density at radius 2 is 2.32 bits per heavy atom. The standard InChI is InChI=1S/C14H19FN2O2/c1-17(2)14(18)5-6-16-9-12-8-10-7-11(15)3-4-13(10)19-12/h3-4,7,12,16H,5-6,8-9H2,1-2H3. The molecule has 1 unspecified atom stereocenters. The number of hydrogen-bond donors (Lipinski definition) is 1. The maximum Gasteiger partial charge on any atom is 0.223 e. The van der Waals surface area contributed by atoms with Crippen LogP contribution in [-0.4, -0.2) is 44.1 Å². The topological polar surface area (TPSA) is 41.6 Å². The number of nitrogens with zero attached hydrogens (tertiary/aromatic N) is 1. The lowest BCUT2D eigenvalue weighted by Gasteiger charge is -2.13. The zero-order chi connectivity index (χ0) is 13.8. The largest absolute Gasteiger partial charge is 0.488 e. The lowest BCUT2D eigenvalue weighted by atomic mass is 10.1. The number of halogens is 1. The van der Waals surface area contributed by atoms with Gasteiger partial charge >= 0.3 is 0 Å². The number of amides is 1. The van der Waals surface area contributed by atoms with Gasteiger partial charge in [0.25, 0.3) is 0 Å². The zero-order valence-electron chi connectivity index (χ0n) is 11.3. The van der Waals surface area contributed by atoms with Crippen LogP contribution in [0.25, 0.3) is 0 Å². The van der Waals surface area contributed by atoms with E-state index >= 15 is 0 Å². The van der Waals surface area contributed by atoms with Crippen LogP contribution in [0, 0.1) is 5.82 Å². The van der Waals surface area contributed by atoms with Crippen LogP contribution in [0.3, 0.4) is 0 Å². The van der Waals surface area contributed by atoms with E-state index in [1.165, 1.54) is 12.1 Å². The van der Waals surface area contributed by atoms with Crippen LogP contribution in [0.15, 0.2) is 18.2 Å². The molecule has 1 aromatic carbocycles. The Morgan fingerprint density at radius 3 is 3.05 bits per heavy atom. The van der Waals surface area contributed by atoms with Gasteiger partial charge in [-0.25, -0.2) is 4.39 Å².